The maximum Gasteiger partial charge on any atom is 0.239 e. The molecule has 2 N–H and O–H groups in total. The third-order valence-electron chi connectivity index (χ3n) is 2.90. The van der Waals surface area contributed by atoms with Gasteiger partial charge in [0.25, 0.3) is 0 Å². The lowest BCUT2D eigenvalue weighted by molar-refractivity contribution is -0.120. The molecule has 112 valence electrons. The van der Waals surface area contributed by atoms with Gasteiger partial charge in [0.2, 0.25) is 5.91 Å². The van der Waals surface area contributed by atoms with Crippen LogP contribution in [0.1, 0.15) is 33.3 Å². The first-order valence-corrected chi connectivity index (χ1v) is 7.27. The van der Waals surface area contributed by atoms with Crippen LogP contribution in [0.5, 0.6) is 0 Å². The molecule has 0 unspecified atom stereocenters. The fourth-order valence-corrected chi connectivity index (χ4v) is 1.99. The molecule has 0 aliphatic rings. The van der Waals surface area contributed by atoms with Gasteiger partial charge in [0.15, 0.2) is 0 Å². The van der Waals surface area contributed by atoms with Crippen LogP contribution in [0.2, 0.25) is 0 Å². The van der Waals surface area contributed by atoms with Crippen LogP contribution in [-0.2, 0) is 11.3 Å². The molecular weight excluding hydrogens is 252 g/mol. The predicted molar refractivity (Wildman–Crippen MR) is 82.8 cm³/mol. The lowest BCUT2D eigenvalue weighted by Gasteiger charge is -2.24. The van der Waals surface area contributed by atoms with Gasteiger partial charge in [-0.25, -0.2) is 4.98 Å². The number of amides is 1. The molecule has 20 heavy (non-hydrogen) atoms. The van der Waals surface area contributed by atoms with Crippen molar-refractivity contribution >= 4 is 11.7 Å². The van der Waals surface area contributed by atoms with Crippen LogP contribution in [0.4, 0.5) is 5.82 Å². The molecule has 1 rings (SSSR count). The second kappa shape index (κ2) is 8.53. The Balaban J connectivity index is 2.80. The van der Waals surface area contributed by atoms with Crippen LogP contribution < -0.4 is 15.5 Å². The molecule has 1 amide bonds. The highest BCUT2D eigenvalue weighted by Gasteiger charge is 2.14. The average Bonchev–Trinajstić information content (AvgIpc) is 2.42. The molecular formula is C15H26N4O. The number of aromatic nitrogens is 1. The summed E-state index contributed by atoms with van der Waals surface area (Å²) in [6.45, 7) is 10.8. The molecule has 0 atom stereocenters. The topological polar surface area (TPSA) is 57.3 Å². The highest BCUT2D eigenvalue weighted by Crippen LogP contribution is 2.16. The molecule has 0 saturated carbocycles. The van der Waals surface area contributed by atoms with E-state index in [1.165, 1.54) is 0 Å². The SMILES string of the molecule is CCNCc1cccnc1N(CC)CC(=O)NC(C)C. The Bertz CT molecular complexity index is 420. The van der Waals surface area contributed by atoms with E-state index in [0.29, 0.717) is 6.54 Å². The van der Waals surface area contributed by atoms with Crippen molar-refractivity contribution in [2.75, 3.05) is 24.5 Å². The van der Waals surface area contributed by atoms with Crippen molar-refractivity contribution in [3.8, 4) is 0 Å². The van der Waals surface area contributed by atoms with Gasteiger partial charge in [0, 0.05) is 30.9 Å². The van der Waals surface area contributed by atoms with Crippen molar-refractivity contribution in [3.63, 3.8) is 0 Å². The first-order valence-electron chi connectivity index (χ1n) is 7.27. The van der Waals surface area contributed by atoms with Crippen molar-refractivity contribution < 1.29 is 4.79 Å². The third kappa shape index (κ3) is 5.17. The summed E-state index contributed by atoms with van der Waals surface area (Å²) in [6, 6.07) is 4.14. The van der Waals surface area contributed by atoms with Crippen molar-refractivity contribution in [1.29, 1.82) is 0 Å². The zero-order chi connectivity index (χ0) is 15.0. The van der Waals surface area contributed by atoms with E-state index in [4.69, 9.17) is 0 Å². The second-order valence-corrected chi connectivity index (χ2v) is 5.00. The van der Waals surface area contributed by atoms with Gasteiger partial charge >= 0.3 is 0 Å². The molecule has 0 aliphatic carbocycles. The van der Waals surface area contributed by atoms with E-state index in [0.717, 1.165) is 31.0 Å². The molecule has 0 saturated heterocycles. The fraction of sp³-hybridized carbons (Fsp3) is 0.600. The summed E-state index contributed by atoms with van der Waals surface area (Å²) in [5, 5.41) is 6.22. The Labute approximate surface area is 121 Å². The number of pyridine rings is 1. The summed E-state index contributed by atoms with van der Waals surface area (Å²) in [5.41, 5.74) is 1.12. The fourth-order valence-electron chi connectivity index (χ4n) is 1.99. The summed E-state index contributed by atoms with van der Waals surface area (Å²) < 4.78 is 0. The number of likely N-dealkylation sites (N-methyl/N-ethyl adjacent to an activating group) is 1. The summed E-state index contributed by atoms with van der Waals surface area (Å²) in [4.78, 5) is 18.4. The lowest BCUT2D eigenvalue weighted by atomic mass is 10.2. The predicted octanol–water partition coefficient (Wildman–Crippen LogP) is 1.54. The highest BCUT2D eigenvalue weighted by atomic mass is 16.2. The zero-order valence-corrected chi connectivity index (χ0v) is 12.9. The standard InChI is InChI=1S/C15H26N4O/c1-5-16-10-13-8-7-9-17-15(13)19(6-2)11-14(20)18-12(3)4/h7-9,12,16H,5-6,10-11H2,1-4H3,(H,18,20). The molecule has 1 aromatic heterocycles. The minimum Gasteiger partial charge on any atom is -0.352 e. The number of nitrogens with zero attached hydrogens (tertiary/aromatic N) is 2. The minimum absolute atomic E-state index is 0.0295. The Hall–Kier alpha value is -1.62. The first kappa shape index (κ1) is 16.4. The molecule has 1 heterocycles. The minimum atomic E-state index is 0.0295. The smallest absolute Gasteiger partial charge is 0.239 e. The Morgan fingerprint density at radius 2 is 2.15 bits per heavy atom. The summed E-state index contributed by atoms with van der Waals surface area (Å²) in [6.07, 6.45) is 1.77. The van der Waals surface area contributed by atoms with Crippen LogP contribution in [0.15, 0.2) is 18.3 Å². The van der Waals surface area contributed by atoms with Gasteiger partial charge in [0.05, 0.1) is 6.54 Å². The number of carbonyl (C=O) groups excluding carboxylic acids is 1. The van der Waals surface area contributed by atoms with E-state index in [1.807, 2.05) is 37.8 Å². The van der Waals surface area contributed by atoms with Crippen molar-refractivity contribution in [1.82, 2.24) is 15.6 Å². The van der Waals surface area contributed by atoms with Crippen molar-refractivity contribution in [2.45, 2.75) is 40.3 Å². The molecule has 5 nitrogen and oxygen atoms in total. The van der Waals surface area contributed by atoms with Crippen molar-refractivity contribution in [3.05, 3.63) is 23.9 Å². The number of rotatable bonds is 8. The normalized spacial score (nSPS) is 10.7. The largest absolute Gasteiger partial charge is 0.352 e. The summed E-state index contributed by atoms with van der Waals surface area (Å²) >= 11 is 0. The van der Waals surface area contributed by atoms with E-state index in [-0.39, 0.29) is 11.9 Å². The average molecular weight is 278 g/mol. The van der Waals surface area contributed by atoms with Crippen LogP contribution in [0.3, 0.4) is 0 Å². The Kier molecular flexibility index (Phi) is 7.01. The van der Waals surface area contributed by atoms with E-state index in [2.05, 4.69) is 22.5 Å². The molecule has 0 aliphatic heterocycles. The first-order chi connectivity index (χ1) is 9.58. The van der Waals surface area contributed by atoms with Crippen LogP contribution in [0, 0.1) is 0 Å². The molecule has 0 spiro atoms. The van der Waals surface area contributed by atoms with E-state index in [1.54, 1.807) is 6.20 Å². The van der Waals surface area contributed by atoms with Crippen molar-refractivity contribution in [2.24, 2.45) is 0 Å². The molecule has 0 bridgehead atoms. The number of nitrogens with one attached hydrogen (secondary N) is 2. The quantitative estimate of drug-likeness (QED) is 0.757. The van der Waals surface area contributed by atoms with Gasteiger partial charge in [0.1, 0.15) is 5.82 Å². The number of hydrogen-bond acceptors (Lipinski definition) is 4. The van der Waals surface area contributed by atoms with Gasteiger partial charge in [-0.15, -0.1) is 0 Å². The summed E-state index contributed by atoms with van der Waals surface area (Å²) in [5.74, 6) is 0.914. The Morgan fingerprint density at radius 1 is 1.40 bits per heavy atom. The maximum absolute atomic E-state index is 11.9. The number of anilines is 1. The lowest BCUT2D eigenvalue weighted by Crippen LogP contribution is -2.40. The van der Waals surface area contributed by atoms with E-state index < -0.39 is 0 Å². The number of hydrogen-bond donors (Lipinski definition) is 2. The zero-order valence-electron chi connectivity index (χ0n) is 12.9. The monoisotopic (exact) mass is 278 g/mol. The van der Waals surface area contributed by atoms with E-state index in [9.17, 15) is 4.79 Å². The molecule has 5 heteroatoms. The van der Waals surface area contributed by atoms with Gasteiger partial charge in [-0.3, -0.25) is 4.79 Å². The van der Waals surface area contributed by atoms with Gasteiger partial charge in [-0.2, -0.15) is 0 Å². The van der Waals surface area contributed by atoms with Gasteiger partial charge in [-0.1, -0.05) is 13.0 Å². The van der Waals surface area contributed by atoms with E-state index >= 15 is 0 Å². The molecule has 1 aromatic rings. The number of carbonyl (C=O) groups is 1. The van der Waals surface area contributed by atoms with Crippen LogP contribution >= 0.6 is 0 Å². The van der Waals surface area contributed by atoms with Gasteiger partial charge < -0.3 is 15.5 Å². The molecule has 0 radical (unpaired) electrons. The maximum atomic E-state index is 11.9. The second-order valence-electron chi connectivity index (χ2n) is 5.00. The molecule has 0 aromatic carbocycles. The molecule has 0 fully saturated rings. The van der Waals surface area contributed by atoms with Crippen LogP contribution in [0.25, 0.3) is 0 Å². The van der Waals surface area contributed by atoms with Gasteiger partial charge in [-0.05, 0) is 33.4 Å². The third-order valence-corrected chi connectivity index (χ3v) is 2.90. The highest BCUT2D eigenvalue weighted by molar-refractivity contribution is 5.81. The van der Waals surface area contributed by atoms with Crippen LogP contribution in [-0.4, -0.2) is 36.6 Å². The Morgan fingerprint density at radius 3 is 2.75 bits per heavy atom. The summed E-state index contributed by atoms with van der Waals surface area (Å²) in [7, 11) is 0.